The molecule has 2 aliphatic rings. The van der Waals surface area contributed by atoms with Crippen LogP contribution in [0.25, 0.3) is 5.70 Å². The summed E-state index contributed by atoms with van der Waals surface area (Å²) in [7, 11) is 0. The first-order chi connectivity index (χ1) is 16.4. The molecule has 0 N–H and O–H groups in total. The Morgan fingerprint density at radius 2 is 1.74 bits per heavy atom. The molecule has 2 aliphatic heterocycles. The number of allylic oxidation sites excluding steroid dienone is 3. The summed E-state index contributed by atoms with van der Waals surface area (Å²) in [5.41, 5.74) is 8.10. The molecule has 34 heavy (non-hydrogen) atoms. The summed E-state index contributed by atoms with van der Waals surface area (Å²) >= 11 is 0. The zero-order valence-electron chi connectivity index (χ0n) is 20.6. The topological polar surface area (TPSA) is 61.2 Å². The van der Waals surface area contributed by atoms with E-state index in [1.165, 1.54) is 16.7 Å². The normalized spacial score (nSPS) is 17.1. The van der Waals surface area contributed by atoms with Crippen molar-refractivity contribution in [2.24, 2.45) is 9.98 Å². The van der Waals surface area contributed by atoms with Crippen LogP contribution in [0.3, 0.4) is 0 Å². The van der Waals surface area contributed by atoms with Crippen molar-refractivity contribution in [3.63, 3.8) is 0 Å². The summed E-state index contributed by atoms with van der Waals surface area (Å²) in [6, 6.07) is 12.6. The molecule has 0 saturated carbocycles. The van der Waals surface area contributed by atoms with E-state index in [2.05, 4.69) is 65.1 Å². The first kappa shape index (κ1) is 23.6. The molecule has 1 aromatic carbocycles. The van der Waals surface area contributed by atoms with Crippen LogP contribution in [-0.4, -0.2) is 53.9 Å². The first-order valence-corrected chi connectivity index (χ1v) is 11.9. The highest BCUT2D eigenvalue weighted by Gasteiger charge is 2.18. The van der Waals surface area contributed by atoms with Gasteiger partial charge in [0.2, 0.25) is 5.91 Å². The maximum Gasteiger partial charge on any atom is 0.219 e. The van der Waals surface area contributed by atoms with Crippen molar-refractivity contribution in [3.8, 4) is 0 Å². The summed E-state index contributed by atoms with van der Waals surface area (Å²) in [5, 5.41) is 0. The molecule has 0 bridgehead atoms. The van der Waals surface area contributed by atoms with Crippen molar-refractivity contribution in [1.82, 2.24) is 9.88 Å². The zero-order chi connectivity index (χ0) is 24.1. The molecule has 4 rings (SSSR count). The van der Waals surface area contributed by atoms with Crippen LogP contribution in [0.2, 0.25) is 0 Å². The number of anilines is 1. The van der Waals surface area contributed by atoms with Gasteiger partial charge in [-0.3, -0.25) is 9.79 Å². The lowest BCUT2D eigenvalue weighted by Gasteiger charge is -2.35. The van der Waals surface area contributed by atoms with Crippen LogP contribution in [0.15, 0.2) is 69.8 Å². The van der Waals surface area contributed by atoms with Gasteiger partial charge in [0.15, 0.2) is 5.82 Å². The van der Waals surface area contributed by atoms with Gasteiger partial charge in [-0.25, -0.2) is 9.98 Å². The Morgan fingerprint density at radius 3 is 2.38 bits per heavy atom. The minimum atomic E-state index is 0.143. The number of amides is 1. The average molecular weight is 456 g/mol. The highest BCUT2D eigenvalue weighted by Crippen LogP contribution is 2.24. The Hall–Kier alpha value is -3.54. The van der Waals surface area contributed by atoms with Gasteiger partial charge in [0.25, 0.3) is 0 Å². The van der Waals surface area contributed by atoms with E-state index in [1.54, 1.807) is 6.92 Å². The number of benzene rings is 1. The van der Waals surface area contributed by atoms with Gasteiger partial charge in [-0.1, -0.05) is 29.8 Å². The van der Waals surface area contributed by atoms with Crippen molar-refractivity contribution < 1.29 is 4.79 Å². The monoisotopic (exact) mass is 455 g/mol. The van der Waals surface area contributed by atoms with Crippen LogP contribution in [0.5, 0.6) is 0 Å². The fraction of sp³-hybridized carbons (Fsp3) is 0.357. The van der Waals surface area contributed by atoms with E-state index in [9.17, 15) is 4.79 Å². The fourth-order valence-corrected chi connectivity index (χ4v) is 4.20. The van der Waals surface area contributed by atoms with Crippen LogP contribution < -0.4 is 4.90 Å². The third-order valence-electron chi connectivity index (χ3n) is 6.49. The van der Waals surface area contributed by atoms with Crippen molar-refractivity contribution in [3.05, 3.63) is 70.9 Å². The van der Waals surface area contributed by atoms with Crippen molar-refractivity contribution >= 4 is 35.0 Å². The summed E-state index contributed by atoms with van der Waals surface area (Å²) in [6.45, 7) is 11.1. The largest absolute Gasteiger partial charge is 0.367 e. The maximum atomic E-state index is 11.5. The average Bonchev–Trinajstić information content (AvgIpc) is 3.00. The fourth-order valence-electron chi connectivity index (χ4n) is 4.20. The predicted octanol–water partition coefficient (Wildman–Crippen LogP) is 5.24. The molecule has 0 spiro atoms. The third kappa shape index (κ3) is 5.87. The molecule has 1 saturated heterocycles. The van der Waals surface area contributed by atoms with Gasteiger partial charge >= 0.3 is 0 Å². The van der Waals surface area contributed by atoms with E-state index in [4.69, 9.17) is 4.99 Å². The second kappa shape index (κ2) is 10.6. The molecule has 1 amide bonds. The summed E-state index contributed by atoms with van der Waals surface area (Å²) in [5.74, 6) is 0.862. The van der Waals surface area contributed by atoms with Gasteiger partial charge in [-0.2, -0.15) is 0 Å². The van der Waals surface area contributed by atoms with Crippen molar-refractivity contribution in [2.45, 2.75) is 40.5 Å². The molecule has 176 valence electrons. The molecule has 1 aromatic heterocycles. The standard InChI is InChI=1S/C28H33N5O/c1-20-11-12-29-27(17-21(20)2)25-7-5-24(6-8-25)18-22(3)31-28-10-9-26(19-30-28)33-15-13-32(14-16-33)23(4)34/h5-10,12,17,19H,11,13-16,18H2,1-4H3. The molecule has 0 radical (unpaired) electrons. The molecule has 0 unspecified atom stereocenters. The van der Waals surface area contributed by atoms with E-state index >= 15 is 0 Å². The van der Waals surface area contributed by atoms with E-state index in [0.29, 0.717) is 0 Å². The molecule has 0 atom stereocenters. The molecule has 1 fully saturated rings. The molecular formula is C28H33N5O. The van der Waals surface area contributed by atoms with E-state index in [-0.39, 0.29) is 5.91 Å². The summed E-state index contributed by atoms with van der Waals surface area (Å²) in [4.78, 5) is 29.6. The number of hydrogen-bond donors (Lipinski definition) is 0. The summed E-state index contributed by atoms with van der Waals surface area (Å²) < 4.78 is 0. The molecule has 2 aromatic rings. The quantitative estimate of drug-likeness (QED) is 0.580. The lowest BCUT2D eigenvalue weighted by Crippen LogP contribution is -2.48. The number of piperazine rings is 1. The number of aliphatic imine (C=N–C) groups is 2. The van der Waals surface area contributed by atoms with Gasteiger partial charge < -0.3 is 9.80 Å². The van der Waals surface area contributed by atoms with Gasteiger partial charge in [0.1, 0.15) is 0 Å². The lowest BCUT2D eigenvalue weighted by molar-refractivity contribution is -0.129. The number of nitrogens with zero attached hydrogens (tertiary/aromatic N) is 5. The van der Waals surface area contributed by atoms with Crippen LogP contribution in [0.4, 0.5) is 11.5 Å². The van der Waals surface area contributed by atoms with Crippen LogP contribution in [0.1, 0.15) is 45.2 Å². The number of aromatic nitrogens is 1. The van der Waals surface area contributed by atoms with Crippen molar-refractivity contribution in [2.75, 3.05) is 31.1 Å². The molecule has 0 aliphatic carbocycles. The Labute approximate surface area is 202 Å². The maximum absolute atomic E-state index is 11.5. The molecule has 6 heteroatoms. The molecule has 3 heterocycles. The Balaban J connectivity index is 1.37. The van der Waals surface area contributed by atoms with Gasteiger partial charge in [0, 0.05) is 63.4 Å². The second-order valence-corrected chi connectivity index (χ2v) is 9.10. The van der Waals surface area contributed by atoms with Crippen LogP contribution >= 0.6 is 0 Å². The van der Waals surface area contributed by atoms with Crippen molar-refractivity contribution in [1.29, 1.82) is 0 Å². The highest BCUT2D eigenvalue weighted by atomic mass is 16.2. The zero-order valence-corrected chi connectivity index (χ0v) is 20.6. The van der Waals surface area contributed by atoms with E-state index in [0.717, 1.165) is 67.5 Å². The Bertz CT molecular complexity index is 1150. The van der Waals surface area contributed by atoms with Gasteiger partial charge in [-0.15, -0.1) is 0 Å². The summed E-state index contributed by atoms with van der Waals surface area (Å²) in [6.07, 6.45) is 7.72. The Morgan fingerprint density at radius 1 is 1.00 bits per heavy atom. The number of hydrogen-bond acceptors (Lipinski definition) is 5. The minimum Gasteiger partial charge on any atom is -0.367 e. The minimum absolute atomic E-state index is 0.143. The first-order valence-electron chi connectivity index (χ1n) is 11.9. The number of carbonyl (C=O) groups is 1. The number of carbonyl (C=O) groups excluding carboxylic acids is 1. The third-order valence-corrected chi connectivity index (χ3v) is 6.49. The predicted molar refractivity (Wildman–Crippen MR) is 141 cm³/mol. The number of pyridine rings is 1. The molecular weight excluding hydrogens is 422 g/mol. The smallest absolute Gasteiger partial charge is 0.219 e. The molecule has 6 nitrogen and oxygen atoms in total. The van der Waals surface area contributed by atoms with Gasteiger partial charge in [0.05, 0.1) is 17.6 Å². The second-order valence-electron chi connectivity index (χ2n) is 9.10. The van der Waals surface area contributed by atoms with E-state index in [1.807, 2.05) is 30.3 Å². The van der Waals surface area contributed by atoms with Crippen LogP contribution in [0, 0.1) is 0 Å². The SMILES string of the molecule is CC(=O)N1CCN(c2ccc(N=C(C)Cc3ccc(C4=CC(C)=C(C)CC=N4)cc3)nc2)CC1. The number of rotatable bonds is 5. The lowest BCUT2D eigenvalue weighted by atomic mass is 10.0. The van der Waals surface area contributed by atoms with Gasteiger partial charge in [-0.05, 0) is 50.1 Å². The van der Waals surface area contributed by atoms with E-state index < -0.39 is 0 Å². The highest BCUT2D eigenvalue weighted by molar-refractivity contribution is 5.86. The Kier molecular flexibility index (Phi) is 7.36. The van der Waals surface area contributed by atoms with Crippen LogP contribution in [-0.2, 0) is 11.2 Å².